The second-order valence-corrected chi connectivity index (χ2v) is 7.47. The molecule has 2 N–H and O–H groups in total. The summed E-state index contributed by atoms with van der Waals surface area (Å²) in [6, 6.07) is 12.4. The molecule has 28 heavy (non-hydrogen) atoms. The Morgan fingerprint density at radius 1 is 1.18 bits per heavy atom. The van der Waals surface area contributed by atoms with Crippen LogP contribution in [-0.2, 0) is 21.2 Å². The van der Waals surface area contributed by atoms with Crippen molar-refractivity contribution in [2.75, 3.05) is 19.0 Å². The maximum Gasteiger partial charge on any atom is 0.287 e. The van der Waals surface area contributed by atoms with Crippen LogP contribution in [0.1, 0.15) is 27.8 Å². The lowest BCUT2D eigenvalue weighted by atomic mass is 10.1. The molecular weight excluding hydrogens is 378 g/mol. The molecule has 1 heterocycles. The highest BCUT2D eigenvalue weighted by Crippen LogP contribution is 2.27. The summed E-state index contributed by atoms with van der Waals surface area (Å²) in [5.41, 5.74) is 2.18. The number of aryl methyl sites for hydroxylation is 1. The fourth-order valence-corrected chi connectivity index (χ4v) is 3.76. The number of nitrogens with zero attached hydrogens (tertiary/aromatic N) is 1. The Morgan fingerprint density at radius 3 is 2.50 bits per heavy atom. The van der Waals surface area contributed by atoms with Gasteiger partial charge in [0.05, 0.1) is 12.8 Å². The fourth-order valence-electron chi connectivity index (χ4n) is 2.56. The van der Waals surface area contributed by atoms with Gasteiger partial charge in [0.25, 0.3) is 15.9 Å². The van der Waals surface area contributed by atoms with Crippen molar-refractivity contribution in [3.05, 3.63) is 53.6 Å². The molecule has 3 rings (SSSR count). The number of rotatable bonds is 5. The molecule has 7 nitrogen and oxygen atoms in total. The van der Waals surface area contributed by atoms with Gasteiger partial charge in [-0.15, -0.1) is 4.40 Å². The van der Waals surface area contributed by atoms with Crippen LogP contribution < -0.4 is 15.4 Å². The molecule has 0 aromatic heterocycles. The molecule has 1 aliphatic heterocycles. The molecule has 0 atom stereocenters. The van der Waals surface area contributed by atoms with Gasteiger partial charge in [0, 0.05) is 9.40 Å². The van der Waals surface area contributed by atoms with Gasteiger partial charge in [0.15, 0.2) is 0 Å². The summed E-state index contributed by atoms with van der Waals surface area (Å²) in [7, 11) is -2.30. The van der Waals surface area contributed by atoms with E-state index in [9.17, 15) is 13.2 Å². The third-order valence-corrected chi connectivity index (χ3v) is 5.27. The fraction of sp³-hybridized carbons (Fsp3) is 0.300. The minimum absolute atomic E-state index is 0. The summed E-state index contributed by atoms with van der Waals surface area (Å²) >= 11 is 0. The molecule has 0 saturated heterocycles. The third-order valence-electron chi connectivity index (χ3n) is 3.95. The smallest absolute Gasteiger partial charge is 0.287 e. The number of carbonyl (C=O) groups excluding carboxylic acids is 1. The van der Waals surface area contributed by atoms with Gasteiger partial charge in [-0.05, 0) is 48.7 Å². The summed E-state index contributed by atoms with van der Waals surface area (Å²) in [6.07, 6.45) is 0.603. The van der Waals surface area contributed by atoms with E-state index in [1.54, 1.807) is 26.2 Å². The standard InChI is InChI=1S/C18H19N3O4S.C2H6.2H2/c1-12-3-8-15-16(11-12)26(23,24)21-17(20-15)18(22)19-10-9-13-4-6-14(25-2)7-5-13;1-2;;/h3-8,11H,9-10H2,1-2H3,(H,19,22)(H,20,21);1-2H3;2*1H. The molecular formula is C20H29N3O4S. The Bertz CT molecular complexity index is 978. The lowest BCUT2D eigenvalue weighted by Crippen LogP contribution is -2.39. The van der Waals surface area contributed by atoms with Crippen molar-refractivity contribution < 1.29 is 20.8 Å². The molecule has 0 bridgehead atoms. The van der Waals surface area contributed by atoms with Crippen LogP contribution in [0.2, 0.25) is 0 Å². The van der Waals surface area contributed by atoms with E-state index < -0.39 is 15.9 Å². The Morgan fingerprint density at radius 2 is 1.86 bits per heavy atom. The maximum absolute atomic E-state index is 12.3. The zero-order valence-corrected chi connectivity index (χ0v) is 17.3. The van der Waals surface area contributed by atoms with E-state index in [1.165, 1.54) is 6.07 Å². The molecule has 8 heteroatoms. The van der Waals surface area contributed by atoms with Gasteiger partial charge >= 0.3 is 0 Å². The number of carbonyl (C=O) groups is 1. The van der Waals surface area contributed by atoms with Crippen LogP contribution >= 0.6 is 0 Å². The molecule has 2 aromatic rings. The molecule has 0 spiro atoms. The summed E-state index contributed by atoms with van der Waals surface area (Å²) in [5.74, 6) is -0.0259. The van der Waals surface area contributed by atoms with Crippen molar-refractivity contribution in [3.8, 4) is 5.75 Å². The van der Waals surface area contributed by atoms with Crippen LogP contribution in [0.3, 0.4) is 0 Å². The second kappa shape index (κ2) is 9.36. The van der Waals surface area contributed by atoms with E-state index in [0.717, 1.165) is 16.9 Å². The number of hydrogen-bond donors (Lipinski definition) is 2. The molecule has 0 aliphatic carbocycles. The maximum atomic E-state index is 12.3. The summed E-state index contributed by atoms with van der Waals surface area (Å²) in [6.45, 7) is 6.15. The number of hydrogen-bond acceptors (Lipinski definition) is 5. The zero-order valence-electron chi connectivity index (χ0n) is 16.4. The molecule has 0 unspecified atom stereocenters. The minimum atomic E-state index is -3.89. The Kier molecular flexibility index (Phi) is 7.17. The quantitative estimate of drug-likeness (QED) is 0.792. The lowest BCUT2D eigenvalue weighted by Gasteiger charge is -2.18. The first-order valence-corrected chi connectivity index (χ1v) is 10.5. The molecule has 154 valence electrons. The molecule has 2 aromatic carbocycles. The van der Waals surface area contributed by atoms with E-state index >= 15 is 0 Å². The summed E-state index contributed by atoms with van der Waals surface area (Å²) in [5, 5.41) is 5.47. The number of benzene rings is 2. The number of methoxy groups -OCH3 is 1. The highest BCUT2D eigenvalue weighted by atomic mass is 32.2. The summed E-state index contributed by atoms with van der Waals surface area (Å²) < 4.78 is 33.2. The average molecular weight is 408 g/mol. The molecule has 0 saturated carbocycles. The zero-order chi connectivity index (χ0) is 20.7. The van der Waals surface area contributed by atoms with Crippen LogP contribution in [0.4, 0.5) is 5.69 Å². The van der Waals surface area contributed by atoms with Gasteiger partial charge < -0.3 is 15.4 Å². The van der Waals surface area contributed by atoms with Crippen LogP contribution in [0, 0.1) is 6.92 Å². The lowest BCUT2D eigenvalue weighted by molar-refractivity contribution is -0.114. The first-order chi connectivity index (χ1) is 13.4. The SMILES string of the molecule is CC.COc1ccc(CCNC(=O)C2=NS(=O)(=O)c3cc(C)ccc3N2)cc1.[HH].[HH]. The molecule has 0 fully saturated rings. The van der Waals surface area contributed by atoms with Gasteiger partial charge in [-0.1, -0.05) is 32.0 Å². The van der Waals surface area contributed by atoms with E-state index in [-0.39, 0.29) is 13.6 Å². The van der Waals surface area contributed by atoms with Gasteiger partial charge in [0.2, 0.25) is 5.84 Å². The molecule has 1 aliphatic rings. The average Bonchev–Trinajstić information content (AvgIpc) is 2.70. The van der Waals surface area contributed by atoms with E-state index in [1.807, 2.05) is 38.1 Å². The van der Waals surface area contributed by atoms with E-state index in [4.69, 9.17) is 4.74 Å². The van der Waals surface area contributed by atoms with Gasteiger partial charge in [-0.3, -0.25) is 4.79 Å². The number of fused-ring (bicyclic) bond motifs is 1. The number of amides is 1. The Labute approximate surface area is 168 Å². The van der Waals surface area contributed by atoms with Crippen molar-refractivity contribution in [2.45, 2.75) is 32.1 Å². The van der Waals surface area contributed by atoms with Gasteiger partial charge in [-0.2, -0.15) is 8.42 Å². The monoisotopic (exact) mass is 407 g/mol. The largest absolute Gasteiger partial charge is 0.497 e. The van der Waals surface area contributed by atoms with E-state index in [2.05, 4.69) is 15.0 Å². The van der Waals surface area contributed by atoms with Crippen molar-refractivity contribution in [2.24, 2.45) is 4.40 Å². The second-order valence-electron chi connectivity index (χ2n) is 5.89. The van der Waals surface area contributed by atoms with Crippen molar-refractivity contribution in [3.63, 3.8) is 0 Å². The van der Waals surface area contributed by atoms with E-state index in [0.29, 0.717) is 18.7 Å². The highest BCUT2D eigenvalue weighted by Gasteiger charge is 2.27. The Balaban J connectivity index is 0.00000204. The van der Waals surface area contributed by atoms with Crippen LogP contribution in [-0.4, -0.2) is 33.8 Å². The predicted octanol–water partition coefficient (Wildman–Crippen LogP) is 3.39. The van der Waals surface area contributed by atoms with Gasteiger partial charge in [-0.25, -0.2) is 0 Å². The van der Waals surface area contributed by atoms with Gasteiger partial charge in [0.1, 0.15) is 10.6 Å². The van der Waals surface area contributed by atoms with Crippen molar-refractivity contribution >= 4 is 27.5 Å². The molecule has 1 amide bonds. The van der Waals surface area contributed by atoms with Crippen molar-refractivity contribution in [1.82, 2.24) is 5.32 Å². The first kappa shape index (κ1) is 21.4. The number of amidine groups is 1. The normalized spacial score (nSPS) is 13.8. The highest BCUT2D eigenvalue weighted by molar-refractivity contribution is 7.90. The minimum Gasteiger partial charge on any atom is -0.497 e. The Hall–Kier alpha value is -2.87. The van der Waals surface area contributed by atoms with Crippen molar-refractivity contribution in [1.29, 1.82) is 0 Å². The third kappa shape index (κ3) is 5.10. The van der Waals surface area contributed by atoms with Crippen LogP contribution in [0.25, 0.3) is 0 Å². The first-order valence-electron chi connectivity index (χ1n) is 9.03. The number of anilines is 1. The number of sulfonamides is 1. The summed E-state index contributed by atoms with van der Waals surface area (Å²) in [4.78, 5) is 12.3. The van der Waals surface area contributed by atoms with Crippen LogP contribution in [0.15, 0.2) is 51.8 Å². The topological polar surface area (TPSA) is 96.9 Å². The predicted molar refractivity (Wildman–Crippen MR) is 115 cm³/mol. The van der Waals surface area contributed by atoms with Crippen LogP contribution in [0.5, 0.6) is 5.75 Å². The molecule has 0 radical (unpaired) electrons. The number of nitrogens with one attached hydrogen (secondary N) is 2. The number of ether oxygens (including phenoxy) is 1.